The summed E-state index contributed by atoms with van der Waals surface area (Å²) in [4.78, 5) is 15.1. The van der Waals surface area contributed by atoms with Crippen molar-refractivity contribution >= 4 is 17.4 Å². The van der Waals surface area contributed by atoms with Gasteiger partial charge in [0.15, 0.2) is 5.82 Å². The summed E-state index contributed by atoms with van der Waals surface area (Å²) in [6.07, 6.45) is 4.43. The molecule has 2 heterocycles. The predicted molar refractivity (Wildman–Crippen MR) is 115 cm³/mol. The molecule has 0 spiro atoms. The molecular weight excluding hydrogens is 362 g/mol. The van der Waals surface area contributed by atoms with Crippen LogP contribution in [-0.4, -0.2) is 20.8 Å². The van der Waals surface area contributed by atoms with E-state index in [1.54, 1.807) is 4.90 Å². The first kappa shape index (κ1) is 19.2. The van der Waals surface area contributed by atoms with Crippen molar-refractivity contribution in [3.8, 4) is 0 Å². The molecule has 0 fully saturated rings. The zero-order valence-corrected chi connectivity index (χ0v) is 17.1. The van der Waals surface area contributed by atoms with Gasteiger partial charge in [-0.15, -0.1) is 10.2 Å². The number of hydrogen-bond acceptors (Lipinski definition) is 3. The third-order valence-electron chi connectivity index (χ3n) is 5.41. The number of carbonyl (C=O) groups is 1. The Bertz CT molecular complexity index is 996. The quantitative estimate of drug-likeness (QED) is 0.693. The van der Waals surface area contributed by atoms with Crippen molar-refractivity contribution in [3.05, 3.63) is 71.3 Å². The first-order valence-electron chi connectivity index (χ1n) is 10.2. The number of aromatic nitrogens is 3. The van der Waals surface area contributed by atoms with E-state index in [2.05, 4.69) is 38.3 Å². The molecule has 6 nitrogen and oxygen atoms in total. The highest BCUT2D eigenvalue weighted by atomic mass is 16.2. The number of benzene rings is 2. The van der Waals surface area contributed by atoms with Crippen LogP contribution in [0.25, 0.3) is 0 Å². The largest absolute Gasteiger partial charge is 0.326 e. The Kier molecular flexibility index (Phi) is 5.60. The number of fused-ring (bicyclic) bond motifs is 1. The molecule has 1 aliphatic rings. The molecule has 3 aromatic rings. The zero-order chi connectivity index (χ0) is 20.2. The SMILES string of the molecule is Cc1ccc(C)c(N(Cc2nnc3n2CCCCC3)C(=O)Nc2ccccc2)c1. The van der Waals surface area contributed by atoms with Gasteiger partial charge in [0.1, 0.15) is 5.82 Å². The van der Waals surface area contributed by atoms with E-state index < -0.39 is 0 Å². The molecule has 1 N–H and O–H groups in total. The standard InChI is InChI=1S/C23H27N5O/c1-17-12-13-18(2)20(15-17)28(23(29)24-19-9-5-3-6-10-19)16-22-26-25-21-11-7-4-8-14-27(21)22/h3,5-6,9-10,12-13,15H,4,7-8,11,14,16H2,1-2H3,(H,24,29). The fourth-order valence-corrected chi connectivity index (χ4v) is 3.79. The maximum atomic E-state index is 13.3. The predicted octanol–water partition coefficient (Wildman–Crippen LogP) is 4.86. The Morgan fingerprint density at radius 3 is 2.72 bits per heavy atom. The smallest absolute Gasteiger partial charge is 0.313 e. The second-order valence-corrected chi connectivity index (χ2v) is 7.67. The highest BCUT2D eigenvalue weighted by molar-refractivity contribution is 6.02. The van der Waals surface area contributed by atoms with Gasteiger partial charge in [-0.2, -0.15) is 0 Å². The summed E-state index contributed by atoms with van der Waals surface area (Å²) in [6.45, 7) is 5.37. The number of rotatable bonds is 4. The van der Waals surface area contributed by atoms with Gasteiger partial charge in [0, 0.05) is 24.3 Å². The van der Waals surface area contributed by atoms with Gasteiger partial charge in [0.25, 0.3) is 0 Å². The lowest BCUT2D eigenvalue weighted by Gasteiger charge is -2.25. The topological polar surface area (TPSA) is 63.1 Å². The summed E-state index contributed by atoms with van der Waals surface area (Å²) in [5.74, 6) is 1.87. The number of aryl methyl sites for hydroxylation is 3. The van der Waals surface area contributed by atoms with Crippen LogP contribution in [0.1, 0.15) is 42.0 Å². The van der Waals surface area contributed by atoms with E-state index in [1.807, 2.05) is 44.2 Å². The molecular formula is C23H27N5O. The number of urea groups is 1. The number of amides is 2. The van der Waals surface area contributed by atoms with Crippen molar-refractivity contribution in [1.82, 2.24) is 14.8 Å². The van der Waals surface area contributed by atoms with Crippen LogP contribution in [0, 0.1) is 13.8 Å². The monoisotopic (exact) mass is 389 g/mol. The molecule has 29 heavy (non-hydrogen) atoms. The van der Waals surface area contributed by atoms with Gasteiger partial charge in [-0.05, 0) is 56.0 Å². The van der Waals surface area contributed by atoms with Gasteiger partial charge in [0.2, 0.25) is 0 Å². The second-order valence-electron chi connectivity index (χ2n) is 7.67. The average Bonchev–Trinajstić information content (AvgIpc) is 2.94. The van der Waals surface area contributed by atoms with Crippen LogP contribution in [0.4, 0.5) is 16.2 Å². The molecule has 2 amide bonds. The Morgan fingerprint density at radius 1 is 1.07 bits per heavy atom. The van der Waals surface area contributed by atoms with Crippen LogP contribution < -0.4 is 10.2 Å². The minimum Gasteiger partial charge on any atom is -0.313 e. The molecule has 0 bridgehead atoms. The summed E-state index contributed by atoms with van der Waals surface area (Å²) in [5, 5.41) is 11.9. The molecule has 0 saturated heterocycles. The number of hydrogen-bond donors (Lipinski definition) is 1. The van der Waals surface area contributed by atoms with E-state index in [0.717, 1.165) is 60.0 Å². The summed E-state index contributed by atoms with van der Waals surface area (Å²) in [5.41, 5.74) is 3.83. The average molecular weight is 390 g/mol. The van der Waals surface area contributed by atoms with Crippen LogP contribution in [0.5, 0.6) is 0 Å². The molecule has 0 saturated carbocycles. The van der Waals surface area contributed by atoms with Crippen LogP contribution in [0.3, 0.4) is 0 Å². The van der Waals surface area contributed by atoms with E-state index in [-0.39, 0.29) is 6.03 Å². The summed E-state index contributed by atoms with van der Waals surface area (Å²) < 4.78 is 2.20. The van der Waals surface area contributed by atoms with Crippen molar-refractivity contribution in [3.63, 3.8) is 0 Å². The van der Waals surface area contributed by atoms with Gasteiger partial charge in [-0.1, -0.05) is 36.8 Å². The molecule has 2 aromatic carbocycles. The molecule has 1 aliphatic heterocycles. The van der Waals surface area contributed by atoms with Crippen LogP contribution in [-0.2, 0) is 19.5 Å². The van der Waals surface area contributed by atoms with Crippen molar-refractivity contribution < 1.29 is 4.79 Å². The van der Waals surface area contributed by atoms with Crippen LogP contribution in [0.15, 0.2) is 48.5 Å². The highest BCUT2D eigenvalue weighted by Crippen LogP contribution is 2.25. The highest BCUT2D eigenvalue weighted by Gasteiger charge is 2.23. The van der Waals surface area contributed by atoms with Crippen molar-refractivity contribution in [2.75, 3.05) is 10.2 Å². The molecule has 0 unspecified atom stereocenters. The maximum Gasteiger partial charge on any atom is 0.326 e. The molecule has 0 radical (unpaired) electrons. The number of para-hydroxylation sites is 1. The normalized spacial score (nSPS) is 13.4. The minimum atomic E-state index is -0.170. The van der Waals surface area contributed by atoms with Crippen molar-refractivity contribution in [2.45, 2.75) is 52.6 Å². The minimum absolute atomic E-state index is 0.170. The number of carbonyl (C=O) groups excluding carboxylic acids is 1. The lowest BCUT2D eigenvalue weighted by molar-refractivity contribution is 0.256. The molecule has 0 aliphatic carbocycles. The van der Waals surface area contributed by atoms with Gasteiger partial charge < -0.3 is 9.88 Å². The fraction of sp³-hybridized carbons (Fsp3) is 0.348. The van der Waals surface area contributed by atoms with E-state index in [0.29, 0.717) is 6.54 Å². The molecule has 150 valence electrons. The Morgan fingerprint density at radius 2 is 1.90 bits per heavy atom. The Labute approximate surface area is 171 Å². The van der Waals surface area contributed by atoms with E-state index in [9.17, 15) is 4.79 Å². The number of anilines is 2. The molecule has 6 heteroatoms. The fourth-order valence-electron chi connectivity index (χ4n) is 3.79. The number of nitrogens with zero attached hydrogens (tertiary/aromatic N) is 4. The first-order chi connectivity index (χ1) is 14.1. The first-order valence-corrected chi connectivity index (χ1v) is 10.2. The Balaban J connectivity index is 1.68. The van der Waals surface area contributed by atoms with Gasteiger partial charge in [-0.25, -0.2) is 4.79 Å². The zero-order valence-electron chi connectivity index (χ0n) is 17.1. The Hall–Kier alpha value is -3.15. The summed E-state index contributed by atoms with van der Waals surface area (Å²) >= 11 is 0. The summed E-state index contributed by atoms with van der Waals surface area (Å²) in [6, 6.07) is 15.5. The third kappa shape index (κ3) is 4.31. The van der Waals surface area contributed by atoms with E-state index in [4.69, 9.17) is 0 Å². The number of nitrogens with one attached hydrogen (secondary N) is 1. The molecule has 0 atom stereocenters. The second kappa shape index (κ2) is 8.47. The summed E-state index contributed by atoms with van der Waals surface area (Å²) in [7, 11) is 0. The van der Waals surface area contributed by atoms with Crippen LogP contribution in [0.2, 0.25) is 0 Å². The van der Waals surface area contributed by atoms with Crippen LogP contribution >= 0.6 is 0 Å². The third-order valence-corrected chi connectivity index (χ3v) is 5.41. The maximum absolute atomic E-state index is 13.3. The van der Waals surface area contributed by atoms with Crippen molar-refractivity contribution in [1.29, 1.82) is 0 Å². The van der Waals surface area contributed by atoms with Gasteiger partial charge in [-0.3, -0.25) is 4.90 Å². The van der Waals surface area contributed by atoms with E-state index >= 15 is 0 Å². The van der Waals surface area contributed by atoms with Crippen molar-refractivity contribution in [2.24, 2.45) is 0 Å². The lowest BCUT2D eigenvalue weighted by Crippen LogP contribution is -2.36. The lowest BCUT2D eigenvalue weighted by atomic mass is 10.1. The molecule has 1 aromatic heterocycles. The molecule has 4 rings (SSSR count). The van der Waals surface area contributed by atoms with Gasteiger partial charge >= 0.3 is 6.03 Å². The van der Waals surface area contributed by atoms with E-state index in [1.165, 1.54) is 6.42 Å². The van der Waals surface area contributed by atoms with Gasteiger partial charge in [0.05, 0.1) is 6.54 Å².